The first kappa shape index (κ1) is 26.4. The highest BCUT2D eigenvalue weighted by Crippen LogP contribution is 2.31. The van der Waals surface area contributed by atoms with Crippen LogP contribution in [-0.2, 0) is 15.8 Å². The lowest BCUT2D eigenvalue weighted by Gasteiger charge is -2.12. The van der Waals surface area contributed by atoms with Crippen LogP contribution in [0, 0.1) is 0 Å². The van der Waals surface area contributed by atoms with Gasteiger partial charge in [0.1, 0.15) is 18.5 Å². The first-order valence-electron chi connectivity index (χ1n) is 11.0. The van der Waals surface area contributed by atoms with Gasteiger partial charge in [-0.25, -0.2) is 0 Å². The van der Waals surface area contributed by atoms with Gasteiger partial charge in [-0.1, -0.05) is 30.4 Å². The van der Waals surface area contributed by atoms with Crippen LogP contribution in [0.1, 0.15) is 51.0 Å². The summed E-state index contributed by atoms with van der Waals surface area (Å²) in [6, 6.07) is 4.47. The van der Waals surface area contributed by atoms with Crippen molar-refractivity contribution in [2.75, 3.05) is 13.2 Å². The molecule has 0 fully saturated rings. The number of benzene rings is 1. The third-order valence-corrected chi connectivity index (χ3v) is 5.08. The van der Waals surface area contributed by atoms with E-state index in [1.54, 1.807) is 6.08 Å². The normalized spacial score (nSPS) is 15.6. The number of amides is 1. The van der Waals surface area contributed by atoms with Crippen molar-refractivity contribution in [3.05, 3.63) is 65.3 Å². The molecular formula is C25H30F3NO4. The number of aliphatic hydroxyl groups is 1. The SMILES string of the molecule is CCNC(=O)CCC/C=C\CC1=C(/C=C/[C@@H](O)COc2cccc(C(F)(F)F)c2)CCC1=O. The van der Waals surface area contributed by atoms with Crippen LogP contribution in [0.3, 0.4) is 0 Å². The molecule has 0 spiro atoms. The first-order valence-corrected chi connectivity index (χ1v) is 11.0. The quantitative estimate of drug-likeness (QED) is 0.340. The van der Waals surface area contributed by atoms with Crippen LogP contribution in [0.4, 0.5) is 13.2 Å². The van der Waals surface area contributed by atoms with Crippen molar-refractivity contribution in [3.63, 3.8) is 0 Å². The number of carbonyl (C=O) groups excluding carboxylic acids is 2. The Hall–Kier alpha value is -2.87. The minimum absolute atomic E-state index is 0.0190. The summed E-state index contributed by atoms with van der Waals surface area (Å²) in [5.74, 6) is 0.115. The summed E-state index contributed by atoms with van der Waals surface area (Å²) >= 11 is 0. The first-order chi connectivity index (χ1) is 15.7. The molecule has 1 aliphatic rings. The van der Waals surface area contributed by atoms with E-state index in [1.165, 1.54) is 18.2 Å². The van der Waals surface area contributed by atoms with E-state index in [1.807, 2.05) is 19.1 Å². The fraction of sp³-hybridized carbons (Fsp3) is 0.440. The fourth-order valence-corrected chi connectivity index (χ4v) is 3.37. The smallest absolute Gasteiger partial charge is 0.416 e. The molecule has 33 heavy (non-hydrogen) atoms. The molecule has 180 valence electrons. The van der Waals surface area contributed by atoms with Crippen LogP contribution in [0.2, 0.25) is 0 Å². The van der Waals surface area contributed by atoms with Gasteiger partial charge in [0.2, 0.25) is 5.91 Å². The summed E-state index contributed by atoms with van der Waals surface area (Å²) in [7, 11) is 0. The van der Waals surface area contributed by atoms with Gasteiger partial charge in [0, 0.05) is 25.0 Å². The van der Waals surface area contributed by atoms with Crippen molar-refractivity contribution < 1.29 is 32.6 Å². The van der Waals surface area contributed by atoms with E-state index in [9.17, 15) is 27.9 Å². The average molecular weight is 466 g/mol. The average Bonchev–Trinajstić information content (AvgIpc) is 3.12. The zero-order valence-corrected chi connectivity index (χ0v) is 18.7. The number of carbonyl (C=O) groups is 2. The Morgan fingerprint density at radius 1 is 1.27 bits per heavy atom. The van der Waals surface area contributed by atoms with Crippen molar-refractivity contribution in [1.29, 1.82) is 0 Å². The maximum Gasteiger partial charge on any atom is 0.416 e. The Balaban J connectivity index is 1.85. The molecule has 0 heterocycles. The molecule has 1 aromatic carbocycles. The van der Waals surface area contributed by atoms with Gasteiger partial charge in [0.05, 0.1) is 5.56 Å². The second-order valence-electron chi connectivity index (χ2n) is 7.71. The topological polar surface area (TPSA) is 75.6 Å². The van der Waals surface area contributed by atoms with E-state index >= 15 is 0 Å². The highest BCUT2D eigenvalue weighted by Gasteiger charge is 2.30. The van der Waals surface area contributed by atoms with Crippen LogP contribution in [0.5, 0.6) is 5.75 Å². The monoisotopic (exact) mass is 465 g/mol. The molecule has 1 amide bonds. The minimum atomic E-state index is -4.46. The molecule has 0 saturated heterocycles. The van der Waals surface area contributed by atoms with E-state index in [0.29, 0.717) is 37.8 Å². The van der Waals surface area contributed by atoms with Gasteiger partial charge in [0.25, 0.3) is 0 Å². The highest BCUT2D eigenvalue weighted by molar-refractivity contribution is 5.99. The fourth-order valence-electron chi connectivity index (χ4n) is 3.37. The lowest BCUT2D eigenvalue weighted by atomic mass is 10.1. The standard InChI is InChI=1S/C25H30F3NO4/c1-2-29-24(32)11-6-4-3-5-10-22-18(13-15-23(22)31)12-14-20(30)17-33-21-9-7-8-19(16-21)25(26,27)28/h3,5,7-9,12,14,16,20,30H,2,4,6,10-11,13,15,17H2,1H3,(H,29,32)/b5-3-,14-12+/t20-/m1/s1. The number of Topliss-reactive ketones (excluding diaryl/α,β-unsaturated/α-hetero) is 1. The zero-order valence-electron chi connectivity index (χ0n) is 18.7. The molecule has 0 bridgehead atoms. The summed E-state index contributed by atoms with van der Waals surface area (Å²) < 4.78 is 43.6. The Kier molecular flexibility index (Phi) is 10.4. The number of hydrogen-bond acceptors (Lipinski definition) is 4. The maximum atomic E-state index is 12.8. The molecule has 1 atom stereocenters. The summed E-state index contributed by atoms with van der Waals surface area (Å²) in [6.45, 7) is 2.28. The number of aliphatic hydroxyl groups excluding tert-OH is 1. The number of ether oxygens (including phenoxy) is 1. The maximum absolute atomic E-state index is 12.8. The number of unbranched alkanes of at least 4 members (excludes halogenated alkanes) is 1. The van der Waals surface area contributed by atoms with Gasteiger partial charge >= 0.3 is 6.18 Å². The Bertz CT molecular complexity index is 903. The molecule has 0 aromatic heterocycles. The second-order valence-corrected chi connectivity index (χ2v) is 7.71. The molecule has 0 aliphatic heterocycles. The predicted octanol–water partition coefficient (Wildman–Crippen LogP) is 4.91. The summed E-state index contributed by atoms with van der Waals surface area (Å²) in [5, 5.41) is 12.9. The molecule has 2 rings (SSSR count). The number of alkyl halides is 3. The number of ketones is 1. The molecule has 1 aromatic rings. The van der Waals surface area contributed by atoms with Gasteiger partial charge in [-0.05, 0) is 56.4 Å². The largest absolute Gasteiger partial charge is 0.491 e. The zero-order chi connectivity index (χ0) is 24.3. The third kappa shape index (κ3) is 9.26. The van der Waals surface area contributed by atoms with Crippen LogP contribution in [0.15, 0.2) is 59.7 Å². The lowest BCUT2D eigenvalue weighted by Crippen LogP contribution is -2.21. The van der Waals surface area contributed by atoms with Crippen molar-refractivity contribution in [2.24, 2.45) is 0 Å². The van der Waals surface area contributed by atoms with E-state index in [-0.39, 0.29) is 24.0 Å². The van der Waals surface area contributed by atoms with Crippen molar-refractivity contribution >= 4 is 11.7 Å². The minimum Gasteiger partial charge on any atom is -0.491 e. The van der Waals surface area contributed by atoms with Gasteiger partial charge in [-0.2, -0.15) is 13.2 Å². The summed E-state index contributed by atoms with van der Waals surface area (Å²) in [4.78, 5) is 23.6. The van der Waals surface area contributed by atoms with Crippen molar-refractivity contribution in [2.45, 2.75) is 57.7 Å². The highest BCUT2D eigenvalue weighted by atomic mass is 19.4. The second kappa shape index (κ2) is 13.0. The van der Waals surface area contributed by atoms with Gasteiger partial charge < -0.3 is 15.2 Å². The number of rotatable bonds is 12. The van der Waals surface area contributed by atoms with Crippen LogP contribution in [0.25, 0.3) is 0 Å². The van der Waals surface area contributed by atoms with Crippen LogP contribution < -0.4 is 10.1 Å². The summed E-state index contributed by atoms with van der Waals surface area (Å²) in [5.41, 5.74) is 0.712. The molecule has 0 radical (unpaired) electrons. The number of nitrogens with one attached hydrogen (secondary N) is 1. The van der Waals surface area contributed by atoms with E-state index in [4.69, 9.17) is 4.74 Å². The number of halogens is 3. The van der Waals surface area contributed by atoms with Crippen LogP contribution in [-0.4, -0.2) is 36.1 Å². The van der Waals surface area contributed by atoms with Gasteiger partial charge in [-0.15, -0.1) is 0 Å². The van der Waals surface area contributed by atoms with Gasteiger partial charge in [-0.3, -0.25) is 9.59 Å². The van der Waals surface area contributed by atoms with E-state index in [2.05, 4.69) is 5.32 Å². The third-order valence-electron chi connectivity index (χ3n) is 5.08. The molecule has 8 heteroatoms. The Morgan fingerprint density at radius 2 is 2.06 bits per heavy atom. The molecular weight excluding hydrogens is 435 g/mol. The lowest BCUT2D eigenvalue weighted by molar-refractivity contribution is -0.137. The Labute approximate surface area is 192 Å². The molecule has 5 nitrogen and oxygen atoms in total. The van der Waals surface area contributed by atoms with Crippen LogP contribution >= 0.6 is 0 Å². The van der Waals surface area contributed by atoms with E-state index in [0.717, 1.165) is 30.5 Å². The van der Waals surface area contributed by atoms with Crippen molar-refractivity contribution in [3.8, 4) is 5.75 Å². The molecule has 0 saturated carbocycles. The van der Waals surface area contributed by atoms with E-state index < -0.39 is 17.8 Å². The predicted molar refractivity (Wildman–Crippen MR) is 120 cm³/mol. The molecule has 0 unspecified atom stereocenters. The summed E-state index contributed by atoms with van der Waals surface area (Å²) in [6.07, 6.45) is 4.96. The molecule has 1 aliphatic carbocycles. The molecule has 2 N–H and O–H groups in total. The Morgan fingerprint density at radius 3 is 2.79 bits per heavy atom. The number of allylic oxidation sites excluding steroid dienone is 5. The van der Waals surface area contributed by atoms with Crippen molar-refractivity contribution in [1.82, 2.24) is 5.32 Å². The van der Waals surface area contributed by atoms with Gasteiger partial charge in [0.15, 0.2) is 5.78 Å². The number of hydrogen-bond donors (Lipinski definition) is 2.